The molecular weight excluding hydrogens is 351 g/mol. The normalized spacial score (nSPS) is 11.8. The fraction of sp³-hybridized carbons (Fsp3) is 0.235. The van der Waals surface area contributed by atoms with Gasteiger partial charge in [0.1, 0.15) is 5.56 Å². The number of carbonyl (C=O) groups is 1. The molecule has 0 radical (unpaired) electrons. The van der Waals surface area contributed by atoms with Gasteiger partial charge in [0.2, 0.25) is 0 Å². The molecule has 0 saturated heterocycles. The molecular formula is C17H14F3N3O3. The highest BCUT2D eigenvalue weighted by Gasteiger charge is 2.31. The predicted molar refractivity (Wildman–Crippen MR) is 86.0 cm³/mol. The largest absolute Gasteiger partial charge is 0.477 e. The smallest absolute Gasteiger partial charge is 0.416 e. The minimum absolute atomic E-state index is 0.0681. The Hall–Kier alpha value is -2.94. The topological polar surface area (TPSA) is 76.7 Å². The van der Waals surface area contributed by atoms with Crippen molar-refractivity contribution in [2.75, 3.05) is 13.7 Å². The molecule has 1 N–H and O–H groups in total. The highest BCUT2D eigenvalue weighted by atomic mass is 19.4. The molecule has 0 amide bonds. The Morgan fingerprint density at radius 3 is 2.73 bits per heavy atom. The summed E-state index contributed by atoms with van der Waals surface area (Å²) in [5, 5.41) is 13.7. The summed E-state index contributed by atoms with van der Waals surface area (Å²) in [6.45, 7) is 0.253. The number of nitrogens with zero attached hydrogens (tertiary/aromatic N) is 3. The second-order valence-corrected chi connectivity index (χ2v) is 5.51. The van der Waals surface area contributed by atoms with E-state index in [1.54, 1.807) is 0 Å². The number of carboxylic acids is 1. The van der Waals surface area contributed by atoms with Crippen molar-refractivity contribution in [2.45, 2.75) is 12.6 Å². The molecule has 0 bridgehead atoms. The molecule has 2 heterocycles. The van der Waals surface area contributed by atoms with Crippen LogP contribution in [0.15, 0.2) is 36.5 Å². The van der Waals surface area contributed by atoms with E-state index in [9.17, 15) is 23.1 Å². The second-order valence-electron chi connectivity index (χ2n) is 5.51. The molecule has 136 valence electrons. The standard InChI is InChI=1S/C17H14F3N3O3/c1-26-8-6-12-14(16(24)25)15-21-7-5-13(23(15)22-12)10-3-2-4-11(9-10)17(18,19)20/h2-5,7,9H,6,8H2,1H3,(H,24,25). The van der Waals surface area contributed by atoms with E-state index in [-0.39, 0.29) is 35.5 Å². The number of carboxylic acid groups (broad SMARTS) is 1. The van der Waals surface area contributed by atoms with Crippen LogP contribution in [0.3, 0.4) is 0 Å². The van der Waals surface area contributed by atoms with Crippen LogP contribution in [0.25, 0.3) is 16.9 Å². The van der Waals surface area contributed by atoms with Crippen LogP contribution in [0.2, 0.25) is 0 Å². The number of aromatic carboxylic acids is 1. The van der Waals surface area contributed by atoms with Gasteiger partial charge in [-0.2, -0.15) is 18.3 Å². The highest BCUT2D eigenvalue weighted by molar-refractivity contribution is 5.96. The van der Waals surface area contributed by atoms with Crippen molar-refractivity contribution in [3.05, 3.63) is 53.3 Å². The maximum atomic E-state index is 13.0. The summed E-state index contributed by atoms with van der Waals surface area (Å²) in [4.78, 5) is 15.7. The molecule has 0 fully saturated rings. The SMILES string of the molecule is COCCc1nn2c(-c3cccc(C(F)(F)F)c3)ccnc2c1C(=O)O. The molecule has 26 heavy (non-hydrogen) atoms. The summed E-state index contributed by atoms with van der Waals surface area (Å²) in [6, 6.07) is 6.24. The number of fused-ring (bicyclic) bond motifs is 1. The molecule has 0 aliphatic rings. The third kappa shape index (κ3) is 3.25. The van der Waals surface area contributed by atoms with Gasteiger partial charge in [-0.25, -0.2) is 14.3 Å². The first-order chi connectivity index (χ1) is 12.3. The number of ether oxygens (including phenoxy) is 1. The van der Waals surface area contributed by atoms with E-state index in [0.29, 0.717) is 5.69 Å². The van der Waals surface area contributed by atoms with Gasteiger partial charge < -0.3 is 9.84 Å². The van der Waals surface area contributed by atoms with E-state index in [1.165, 1.54) is 36.0 Å². The average molecular weight is 365 g/mol. The Bertz CT molecular complexity index is 967. The Kier molecular flexibility index (Phi) is 4.64. The lowest BCUT2D eigenvalue weighted by Crippen LogP contribution is -2.05. The Balaban J connectivity index is 2.21. The van der Waals surface area contributed by atoms with Crippen molar-refractivity contribution in [2.24, 2.45) is 0 Å². The van der Waals surface area contributed by atoms with Crippen LogP contribution in [-0.2, 0) is 17.3 Å². The van der Waals surface area contributed by atoms with Crippen molar-refractivity contribution in [3.63, 3.8) is 0 Å². The van der Waals surface area contributed by atoms with Crippen LogP contribution in [0.1, 0.15) is 21.6 Å². The van der Waals surface area contributed by atoms with Gasteiger partial charge in [-0.05, 0) is 18.2 Å². The molecule has 1 aromatic carbocycles. The number of rotatable bonds is 5. The monoisotopic (exact) mass is 365 g/mol. The van der Waals surface area contributed by atoms with Gasteiger partial charge in [-0.3, -0.25) is 0 Å². The van der Waals surface area contributed by atoms with Crippen LogP contribution in [0.5, 0.6) is 0 Å². The lowest BCUT2D eigenvalue weighted by Gasteiger charge is -2.09. The third-order valence-corrected chi connectivity index (χ3v) is 3.83. The second kappa shape index (κ2) is 6.75. The first-order valence-corrected chi connectivity index (χ1v) is 7.59. The van der Waals surface area contributed by atoms with Gasteiger partial charge in [-0.15, -0.1) is 0 Å². The van der Waals surface area contributed by atoms with E-state index in [4.69, 9.17) is 4.74 Å². The molecule has 6 nitrogen and oxygen atoms in total. The fourth-order valence-electron chi connectivity index (χ4n) is 2.66. The lowest BCUT2D eigenvalue weighted by molar-refractivity contribution is -0.137. The first-order valence-electron chi connectivity index (χ1n) is 7.59. The van der Waals surface area contributed by atoms with Crippen LogP contribution in [-0.4, -0.2) is 39.4 Å². The Morgan fingerprint density at radius 1 is 1.31 bits per heavy atom. The van der Waals surface area contributed by atoms with Gasteiger partial charge in [0.15, 0.2) is 5.65 Å². The quantitative estimate of drug-likeness (QED) is 0.751. The average Bonchev–Trinajstić information content (AvgIpc) is 2.97. The maximum Gasteiger partial charge on any atom is 0.416 e. The van der Waals surface area contributed by atoms with E-state index in [2.05, 4.69) is 10.1 Å². The summed E-state index contributed by atoms with van der Waals surface area (Å²) in [6.07, 6.45) is -2.90. The summed E-state index contributed by atoms with van der Waals surface area (Å²) in [5.74, 6) is -1.21. The molecule has 0 spiro atoms. The summed E-state index contributed by atoms with van der Waals surface area (Å²) in [5.41, 5.74) is 0.00284. The Labute approximate surface area is 145 Å². The van der Waals surface area contributed by atoms with Crippen LogP contribution >= 0.6 is 0 Å². The highest BCUT2D eigenvalue weighted by Crippen LogP contribution is 2.32. The van der Waals surface area contributed by atoms with Gasteiger partial charge in [0, 0.05) is 25.3 Å². The molecule has 0 aliphatic heterocycles. The van der Waals surface area contributed by atoms with E-state index in [1.807, 2.05) is 0 Å². The molecule has 9 heteroatoms. The van der Waals surface area contributed by atoms with Gasteiger partial charge in [0.25, 0.3) is 0 Å². The minimum Gasteiger partial charge on any atom is -0.477 e. The van der Waals surface area contributed by atoms with Gasteiger partial charge in [0.05, 0.1) is 23.6 Å². The van der Waals surface area contributed by atoms with Crippen molar-refractivity contribution in [3.8, 4) is 11.3 Å². The van der Waals surface area contributed by atoms with E-state index < -0.39 is 17.7 Å². The van der Waals surface area contributed by atoms with Gasteiger partial charge >= 0.3 is 12.1 Å². The van der Waals surface area contributed by atoms with Crippen molar-refractivity contribution < 1.29 is 27.8 Å². The summed E-state index contributed by atoms with van der Waals surface area (Å²) in [7, 11) is 1.47. The zero-order valence-corrected chi connectivity index (χ0v) is 13.6. The molecule has 3 rings (SSSR count). The molecule has 3 aromatic rings. The van der Waals surface area contributed by atoms with Crippen molar-refractivity contribution in [1.29, 1.82) is 0 Å². The third-order valence-electron chi connectivity index (χ3n) is 3.83. The summed E-state index contributed by atoms with van der Waals surface area (Å²) < 4.78 is 45.2. The zero-order chi connectivity index (χ0) is 18.9. The molecule has 0 saturated carbocycles. The first kappa shape index (κ1) is 17.9. The van der Waals surface area contributed by atoms with E-state index >= 15 is 0 Å². The number of hydrogen-bond acceptors (Lipinski definition) is 4. The van der Waals surface area contributed by atoms with Crippen LogP contribution in [0.4, 0.5) is 13.2 Å². The fourth-order valence-corrected chi connectivity index (χ4v) is 2.66. The number of aromatic nitrogens is 3. The molecule has 0 aliphatic carbocycles. The molecule has 0 unspecified atom stereocenters. The molecule has 0 atom stereocenters. The lowest BCUT2D eigenvalue weighted by atomic mass is 10.1. The predicted octanol–water partition coefficient (Wildman–Crippen LogP) is 3.30. The number of alkyl halides is 3. The van der Waals surface area contributed by atoms with Crippen molar-refractivity contribution >= 4 is 11.6 Å². The number of methoxy groups -OCH3 is 1. The minimum atomic E-state index is -4.48. The number of halogens is 3. The van der Waals surface area contributed by atoms with Crippen molar-refractivity contribution in [1.82, 2.24) is 14.6 Å². The van der Waals surface area contributed by atoms with Crippen LogP contribution < -0.4 is 0 Å². The Morgan fingerprint density at radius 2 is 2.08 bits per heavy atom. The van der Waals surface area contributed by atoms with E-state index in [0.717, 1.165) is 12.1 Å². The maximum absolute atomic E-state index is 13.0. The number of hydrogen-bond donors (Lipinski definition) is 1. The zero-order valence-electron chi connectivity index (χ0n) is 13.6. The summed E-state index contributed by atoms with van der Waals surface area (Å²) >= 11 is 0. The van der Waals surface area contributed by atoms with Crippen LogP contribution in [0, 0.1) is 0 Å². The molecule has 2 aromatic heterocycles. The number of benzene rings is 1. The van der Waals surface area contributed by atoms with Gasteiger partial charge in [-0.1, -0.05) is 12.1 Å².